The highest BCUT2D eigenvalue weighted by molar-refractivity contribution is 6.30. The second kappa shape index (κ2) is 8.01. The second-order valence-corrected chi connectivity index (χ2v) is 7.55. The number of amides is 1. The van der Waals surface area contributed by atoms with Crippen molar-refractivity contribution < 1.29 is 4.79 Å². The molecule has 1 N–H and O–H groups in total. The van der Waals surface area contributed by atoms with Crippen LogP contribution in [0.15, 0.2) is 42.6 Å². The van der Waals surface area contributed by atoms with Crippen LogP contribution in [0.25, 0.3) is 0 Å². The number of hydrogen-bond donors (Lipinski definition) is 1. The molecule has 1 fully saturated rings. The quantitative estimate of drug-likeness (QED) is 0.824. The van der Waals surface area contributed by atoms with Crippen LogP contribution < -0.4 is 5.32 Å². The van der Waals surface area contributed by atoms with Crippen LogP contribution in [0, 0.1) is 12.8 Å². The molecule has 1 heterocycles. The van der Waals surface area contributed by atoms with Crippen molar-refractivity contribution in [2.24, 2.45) is 5.92 Å². The molecule has 1 atom stereocenters. The number of pyridine rings is 1. The van der Waals surface area contributed by atoms with Gasteiger partial charge in [-0.25, -0.2) is 0 Å². The van der Waals surface area contributed by atoms with Crippen LogP contribution in [0.4, 0.5) is 0 Å². The molecule has 0 aliphatic heterocycles. The van der Waals surface area contributed by atoms with Gasteiger partial charge in [0.1, 0.15) is 0 Å². The summed E-state index contributed by atoms with van der Waals surface area (Å²) < 4.78 is 0. The predicted octanol–water partition coefficient (Wildman–Crippen LogP) is 5.14. The van der Waals surface area contributed by atoms with Gasteiger partial charge in [0.25, 0.3) is 5.91 Å². The van der Waals surface area contributed by atoms with Gasteiger partial charge in [0, 0.05) is 28.5 Å². The average Bonchev–Trinajstić information content (AvgIpc) is 2.62. The lowest BCUT2D eigenvalue weighted by atomic mass is 9.76. The highest BCUT2D eigenvalue weighted by Gasteiger charge is 2.27. The van der Waals surface area contributed by atoms with Gasteiger partial charge in [-0.15, -0.1) is 0 Å². The molecule has 0 unspecified atom stereocenters. The van der Waals surface area contributed by atoms with E-state index in [2.05, 4.69) is 29.4 Å². The Morgan fingerprint density at radius 3 is 2.48 bits per heavy atom. The van der Waals surface area contributed by atoms with Gasteiger partial charge in [0.2, 0.25) is 0 Å². The van der Waals surface area contributed by atoms with Crippen LogP contribution in [0.3, 0.4) is 0 Å². The van der Waals surface area contributed by atoms with E-state index in [1.807, 2.05) is 13.1 Å². The molecule has 0 bridgehead atoms. The molecule has 1 aromatic carbocycles. The number of benzene rings is 1. The van der Waals surface area contributed by atoms with Crippen molar-refractivity contribution >= 4 is 17.5 Å². The first-order valence-electron chi connectivity index (χ1n) is 9.02. The standard InChI is InChI=1S/C21H25ClN2O/c1-14-13-19(11-12-23-14)17-5-3-16(4-6-17)15(2)24-21(25)18-7-9-20(22)10-8-18/h7-13,15-17H,3-6H2,1-2H3,(H,24,25)/t15-,16?,17?/m0/s1. The van der Waals surface area contributed by atoms with E-state index in [0.717, 1.165) is 18.5 Å². The minimum atomic E-state index is -0.0175. The molecule has 1 aliphatic carbocycles. The summed E-state index contributed by atoms with van der Waals surface area (Å²) in [4.78, 5) is 16.7. The van der Waals surface area contributed by atoms with E-state index in [4.69, 9.17) is 11.6 Å². The fourth-order valence-corrected chi connectivity index (χ4v) is 3.91. The monoisotopic (exact) mass is 356 g/mol. The Morgan fingerprint density at radius 1 is 1.16 bits per heavy atom. The molecule has 132 valence electrons. The molecular weight excluding hydrogens is 332 g/mol. The number of hydrogen-bond acceptors (Lipinski definition) is 2. The lowest BCUT2D eigenvalue weighted by Gasteiger charge is -2.33. The van der Waals surface area contributed by atoms with Crippen molar-refractivity contribution in [2.45, 2.75) is 51.5 Å². The minimum absolute atomic E-state index is 0.0175. The topological polar surface area (TPSA) is 42.0 Å². The third-order valence-corrected chi connectivity index (χ3v) is 5.59. The first-order valence-corrected chi connectivity index (χ1v) is 9.39. The van der Waals surface area contributed by atoms with Crippen LogP contribution >= 0.6 is 11.6 Å². The van der Waals surface area contributed by atoms with Crippen LogP contribution in [-0.2, 0) is 0 Å². The van der Waals surface area contributed by atoms with Gasteiger partial charge in [-0.2, -0.15) is 0 Å². The van der Waals surface area contributed by atoms with Crippen molar-refractivity contribution in [2.75, 3.05) is 0 Å². The molecule has 1 aromatic heterocycles. The summed E-state index contributed by atoms with van der Waals surface area (Å²) in [6, 6.07) is 11.6. The maximum atomic E-state index is 12.4. The molecule has 3 nitrogen and oxygen atoms in total. The van der Waals surface area contributed by atoms with Crippen molar-refractivity contribution in [3.05, 3.63) is 64.4 Å². The fraction of sp³-hybridized carbons (Fsp3) is 0.429. The molecule has 1 saturated carbocycles. The molecule has 4 heteroatoms. The largest absolute Gasteiger partial charge is 0.349 e. The lowest BCUT2D eigenvalue weighted by molar-refractivity contribution is 0.0918. The molecule has 2 aromatic rings. The van der Waals surface area contributed by atoms with E-state index < -0.39 is 0 Å². The third kappa shape index (κ3) is 4.60. The van der Waals surface area contributed by atoms with Gasteiger partial charge >= 0.3 is 0 Å². The first kappa shape index (κ1) is 17.9. The Morgan fingerprint density at radius 2 is 1.84 bits per heavy atom. The molecule has 1 aliphatic rings. The van der Waals surface area contributed by atoms with Gasteiger partial charge in [0.05, 0.1) is 0 Å². The first-order chi connectivity index (χ1) is 12.0. The highest BCUT2D eigenvalue weighted by Crippen LogP contribution is 2.37. The zero-order chi connectivity index (χ0) is 17.8. The normalized spacial score (nSPS) is 21.6. The Kier molecular flexibility index (Phi) is 5.74. The SMILES string of the molecule is Cc1cc(C2CCC([C@H](C)NC(=O)c3ccc(Cl)cc3)CC2)ccn1. The number of rotatable bonds is 4. The minimum Gasteiger partial charge on any atom is -0.349 e. The van der Waals surface area contributed by atoms with Crippen molar-refractivity contribution in [1.82, 2.24) is 10.3 Å². The maximum absolute atomic E-state index is 12.4. The van der Waals surface area contributed by atoms with E-state index in [-0.39, 0.29) is 11.9 Å². The molecule has 3 rings (SSSR count). The van der Waals surface area contributed by atoms with E-state index in [0.29, 0.717) is 22.4 Å². The summed E-state index contributed by atoms with van der Waals surface area (Å²) >= 11 is 5.88. The molecule has 0 saturated heterocycles. The Balaban J connectivity index is 1.53. The summed E-state index contributed by atoms with van der Waals surface area (Å²) in [6.07, 6.45) is 6.55. The summed E-state index contributed by atoms with van der Waals surface area (Å²) in [7, 11) is 0. The summed E-state index contributed by atoms with van der Waals surface area (Å²) in [5, 5.41) is 3.80. The zero-order valence-corrected chi connectivity index (χ0v) is 15.6. The molecule has 0 radical (unpaired) electrons. The van der Waals surface area contributed by atoms with Crippen LogP contribution in [0.5, 0.6) is 0 Å². The fourth-order valence-electron chi connectivity index (χ4n) is 3.78. The second-order valence-electron chi connectivity index (χ2n) is 7.11. The zero-order valence-electron chi connectivity index (χ0n) is 14.8. The number of aromatic nitrogens is 1. The Labute approximate surface area is 154 Å². The van der Waals surface area contributed by atoms with Crippen LogP contribution in [0.1, 0.15) is 60.1 Å². The van der Waals surface area contributed by atoms with Gasteiger partial charge in [-0.05, 0) is 93.3 Å². The number of halogens is 1. The van der Waals surface area contributed by atoms with Crippen LogP contribution in [-0.4, -0.2) is 16.9 Å². The van der Waals surface area contributed by atoms with Gasteiger partial charge in [-0.1, -0.05) is 11.6 Å². The third-order valence-electron chi connectivity index (χ3n) is 5.34. The van der Waals surface area contributed by atoms with Crippen molar-refractivity contribution in [1.29, 1.82) is 0 Å². The average molecular weight is 357 g/mol. The summed E-state index contributed by atoms with van der Waals surface area (Å²) in [5.74, 6) is 1.14. The van der Waals surface area contributed by atoms with E-state index >= 15 is 0 Å². The van der Waals surface area contributed by atoms with Gasteiger partial charge < -0.3 is 5.32 Å². The molecule has 0 spiro atoms. The van der Waals surface area contributed by atoms with Gasteiger partial charge in [-0.3, -0.25) is 9.78 Å². The number of nitrogens with zero attached hydrogens (tertiary/aromatic N) is 1. The van der Waals surface area contributed by atoms with Gasteiger partial charge in [0.15, 0.2) is 0 Å². The van der Waals surface area contributed by atoms with Crippen LogP contribution in [0.2, 0.25) is 5.02 Å². The maximum Gasteiger partial charge on any atom is 0.251 e. The van der Waals surface area contributed by atoms with E-state index in [1.165, 1.54) is 18.4 Å². The van der Waals surface area contributed by atoms with Crippen molar-refractivity contribution in [3.8, 4) is 0 Å². The number of carbonyl (C=O) groups is 1. The van der Waals surface area contributed by atoms with E-state index in [1.54, 1.807) is 24.3 Å². The predicted molar refractivity (Wildman–Crippen MR) is 102 cm³/mol. The molecule has 25 heavy (non-hydrogen) atoms. The lowest BCUT2D eigenvalue weighted by Crippen LogP contribution is -2.39. The number of carbonyl (C=O) groups excluding carboxylic acids is 1. The molecule has 1 amide bonds. The Hall–Kier alpha value is -1.87. The molecular formula is C21H25ClN2O. The highest BCUT2D eigenvalue weighted by atomic mass is 35.5. The number of nitrogens with one attached hydrogen (secondary N) is 1. The Bertz CT molecular complexity index is 721. The number of aryl methyl sites for hydroxylation is 1. The van der Waals surface area contributed by atoms with E-state index in [9.17, 15) is 4.79 Å². The van der Waals surface area contributed by atoms with Crippen molar-refractivity contribution in [3.63, 3.8) is 0 Å². The summed E-state index contributed by atoms with van der Waals surface area (Å²) in [6.45, 7) is 4.17. The summed E-state index contributed by atoms with van der Waals surface area (Å²) in [5.41, 5.74) is 3.16. The smallest absolute Gasteiger partial charge is 0.251 e.